The molecule has 0 aliphatic carbocycles. The van der Waals surface area contributed by atoms with Crippen LogP contribution in [-0.4, -0.2) is 20.1 Å². The van der Waals surface area contributed by atoms with Gasteiger partial charge in [0.2, 0.25) is 10.0 Å². The zero-order valence-electron chi connectivity index (χ0n) is 11.7. The molecule has 0 bridgehead atoms. The Labute approximate surface area is 143 Å². The molecule has 0 saturated carbocycles. The first kappa shape index (κ1) is 17.7. The van der Waals surface area contributed by atoms with Gasteiger partial charge in [-0.15, -0.1) is 11.3 Å². The summed E-state index contributed by atoms with van der Waals surface area (Å²) in [6.45, 7) is 1.82. The van der Waals surface area contributed by atoms with E-state index < -0.39 is 16.1 Å². The molecule has 0 saturated heterocycles. The highest BCUT2D eigenvalue weighted by Crippen LogP contribution is 2.28. The molecule has 1 atom stereocenters. The summed E-state index contributed by atoms with van der Waals surface area (Å²) in [5, 5.41) is 12.3. The molecule has 120 valence electrons. The number of aliphatic hydroxyl groups excluding tert-OH is 1. The van der Waals surface area contributed by atoms with Gasteiger partial charge in [0.25, 0.3) is 0 Å². The van der Waals surface area contributed by atoms with Crippen LogP contribution in [0, 0.1) is 6.92 Å². The van der Waals surface area contributed by atoms with Crippen molar-refractivity contribution < 1.29 is 13.5 Å². The molecule has 1 aromatic carbocycles. The van der Waals surface area contributed by atoms with Crippen LogP contribution in [-0.2, 0) is 10.0 Å². The molecule has 22 heavy (non-hydrogen) atoms. The van der Waals surface area contributed by atoms with E-state index >= 15 is 0 Å². The van der Waals surface area contributed by atoms with Crippen molar-refractivity contribution in [2.75, 3.05) is 6.54 Å². The first-order chi connectivity index (χ1) is 10.3. The monoisotopic (exact) mass is 379 g/mol. The number of nitrogens with one attached hydrogen (secondary N) is 1. The number of hydrogen-bond donors (Lipinski definition) is 2. The second kappa shape index (κ2) is 7.29. The fourth-order valence-corrected chi connectivity index (χ4v) is 4.49. The fraction of sp³-hybridized carbons (Fsp3) is 0.286. The molecule has 0 radical (unpaired) electrons. The maximum Gasteiger partial charge on any atom is 0.242 e. The molecule has 0 aliphatic rings. The predicted octanol–water partition coefficient (Wildman–Crippen LogP) is 3.77. The smallest absolute Gasteiger partial charge is 0.242 e. The summed E-state index contributed by atoms with van der Waals surface area (Å²) in [5.41, 5.74) is 0.630. The van der Waals surface area contributed by atoms with Crippen LogP contribution in [0.4, 0.5) is 0 Å². The number of thiophene rings is 1. The van der Waals surface area contributed by atoms with E-state index in [1.165, 1.54) is 23.5 Å². The van der Waals surface area contributed by atoms with Gasteiger partial charge in [-0.05, 0) is 42.5 Å². The predicted molar refractivity (Wildman–Crippen MR) is 90.3 cm³/mol. The SMILES string of the molecule is Cc1cc(S(=O)(=O)NCCC(O)c2cccs2)c(Cl)cc1Cl. The largest absolute Gasteiger partial charge is 0.388 e. The Balaban J connectivity index is 2.04. The molecule has 2 N–H and O–H groups in total. The van der Waals surface area contributed by atoms with E-state index in [4.69, 9.17) is 23.2 Å². The van der Waals surface area contributed by atoms with Crippen molar-refractivity contribution in [2.45, 2.75) is 24.3 Å². The number of benzene rings is 1. The van der Waals surface area contributed by atoms with Gasteiger partial charge in [0.05, 0.1) is 11.1 Å². The molecular weight excluding hydrogens is 365 g/mol. The summed E-state index contributed by atoms with van der Waals surface area (Å²) >= 11 is 13.3. The summed E-state index contributed by atoms with van der Waals surface area (Å²) in [6.07, 6.45) is -0.408. The van der Waals surface area contributed by atoms with Crippen LogP contribution in [0.2, 0.25) is 10.0 Å². The third-order valence-electron chi connectivity index (χ3n) is 3.08. The highest BCUT2D eigenvalue weighted by Gasteiger charge is 2.19. The minimum atomic E-state index is -3.74. The standard InChI is InChI=1S/C14H15Cl2NO3S2/c1-9-7-14(11(16)8-10(9)15)22(19,20)17-5-4-12(18)13-3-2-6-21-13/h2-3,6-8,12,17-18H,4-5H2,1H3. The lowest BCUT2D eigenvalue weighted by Crippen LogP contribution is -2.26. The van der Waals surface area contributed by atoms with E-state index in [1.54, 1.807) is 6.92 Å². The number of halogens is 2. The van der Waals surface area contributed by atoms with E-state index in [1.807, 2.05) is 17.5 Å². The van der Waals surface area contributed by atoms with Crippen LogP contribution in [0.15, 0.2) is 34.5 Å². The maximum atomic E-state index is 12.3. The van der Waals surface area contributed by atoms with Crippen molar-refractivity contribution in [3.63, 3.8) is 0 Å². The minimum absolute atomic E-state index is 0.0123. The number of aryl methyl sites for hydroxylation is 1. The molecule has 0 amide bonds. The van der Waals surface area contributed by atoms with Crippen LogP contribution >= 0.6 is 34.5 Å². The van der Waals surface area contributed by atoms with Gasteiger partial charge < -0.3 is 5.11 Å². The summed E-state index contributed by atoms with van der Waals surface area (Å²) < 4.78 is 27.0. The average molecular weight is 380 g/mol. The molecule has 4 nitrogen and oxygen atoms in total. The topological polar surface area (TPSA) is 66.4 Å². The fourth-order valence-electron chi connectivity index (χ4n) is 1.87. The van der Waals surface area contributed by atoms with Crippen molar-refractivity contribution >= 4 is 44.6 Å². The quantitative estimate of drug-likeness (QED) is 0.802. The lowest BCUT2D eigenvalue weighted by molar-refractivity contribution is 0.173. The van der Waals surface area contributed by atoms with Gasteiger partial charge in [-0.25, -0.2) is 13.1 Å². The van der Waals surface area contributed by atoms with E-state index in [2.05, 4.69) is 4.72 Å². The summed E-state index contributed by atoms with van der Waals surface area (Å²) in [6, 6.07) is 6.49. The molecule has 0 fully saturated rings. The summed E-state index contributed by atoms with van der Waals surface area (Å²) in [4.78, 5) is 0.793. The molecule has 2 aromatic rings. The average Bonchev–Trinajstić information content (AvgIpc) is 2.96. The summed E-state index contributed by atoms with van der Waals surface area (Å²) in [7, 11) is -3.74. The van der Waals surface area contributed by atoms with Gasteiger partial charge >= 0.3 is 0 Å². The molecule has 0 aliphatic heterocycles. The minimum Gasteiger partial charge on any atom is -0.388 e. The van der Waals surface area contributed by atoms with Crippen LogP contribution in [0.1, 0.15) is 23.0 Å². The first-order valence-corrected chi connectivity index (χ1v) is 9.60. The Kier molecular flexibility index (Phi) is 5.87. The third kappa shape index (κ3) is 4.22. The van der Waals surface area contributed by atoms with Gasteiger partial charge in [0, 0.05) is 16.4 Å². The molecule has 0 spiro atoms. The molecule has 1 heterocycles. The third-order valence-corrected chi connectivity index (χ3v) is 6.39. The normalized spacial score (nSPS) is 13.3. The molecule has 1 aromatic heterocycles. The summed E-state index contributed by atoms with van der Waals surface area (Å²) in [5.74, 6) is 0. The van der Waals surface area contributed by atoms with E-state index in [9.17, 15) is 13.5 Å². The maximum absolute atomic E-state index is 12.3. The number of hydrogen-bond acceptors (Lipinski definition) is 4. The first-order valence-electron chi connectivity index (χ1n) is 6.48. The van der Waals surface area contributed by atoms with E-state index in [-0.39, 0.29) is 22.9 Å². The van der Waals surface area contributed by atoms with Crippen LogP contribution in [0.5, 0.6) is 0 Å². The highest BCUT2D eigenvalue weighted by atomic mass is 35.5. The Morgan fingerprint density at radius 3 is 2.68 bits per heavy atom. The highest BCUT2D eigenvalue weighted by molar-refractivity contribution is 7.89. The van der Waals surface area contributed by atoms with Gasteiger partial charge in [-0.1, -0.05) is 29.3 Å². The van der Waals surface area contributed by atoms with E-state index in [0.29, 0.717) is 10.6 Å². The van der Waals surface area contributed by atoms with Gasteiger partial charge in [-0.3, -0.25) is 0 Å². The Bertz CT molecular complexity index is 746. The number of rotatable bonds is 6. The Hall–Kier alpha value is -0.630. The van der Waals surface area contributed by atoms with Crippen LogP contribution in [0.25, 0.3) is 0 Å². The molecular formula is C14H15Cl2NO3S2. The zero-order chi connectivity index (χ0) is 16.3. The van der Waals surface area contributed by atoms with Crippen LogP contribution < -0.4 is 4.72 Å². The van der Waals surface area contributed by atoms with Crippen LogP contribution in [0.3, 0.4) is 0 Å². The number of aliphatic hydroxyl groups is 1. The Morgan fingerprint density at radius 1 is 1.32 bits per heavy atom. The Morgan fingerprint density at radius 2 is 2.05 bits per heavy atom. The second-order valence-corrected chi connectivity index (χ2v) is 8.28. The van der Waals surface area contributed by atoms with Crippen molar-refractivity contribution in [1.29, 1.82) is 0 Å². The molecule has 1 unspecified atom stereocenters. The lowest BCUT2D eigenvalue weighted by atomic mass is 10.2. The van der Waals surface area contributed by atoms with E-state index in [0.717, 1.165) is 4.88 Å². The molecule has 2 rings (SSSR count). The zero-order valence-corrected chi connectivity index (χ0v) is 14.9. The van der Waals surface area contributed by atoms with Gasteiger partial charge in [0.1, 0.15) is 4.90 Å². The molecule has 8 heteroatoms. The van der Waals surface area contributed by atoms with Crippen molar-refractivity contribution in [3.8, 4) is 0 Å². The van der Waals surface area contributed by atoms with Crippen molar-refractivity contribution in [2.24, 2.45) is 0 Å². The van der Waals surface area contributed by atoms with Crippen molar-refractivity contribution in [3.05, 3.63) is 50.1 Å². The second-order valence-electron chi connectivity index (χ2n) is 4.75. The van der Waals surface area contributed by atoms with Gasteiger partial charge in [-0.2, -0.15) is 0 Å². The van der Waals surface area contributed by atoms with Crippen molar-refractivity contribution in [1.82, 2.24) is 4.72 Å². The lowest BCUT2D eigenvalue weighted by Gasteiger charge is -2.12. The van der Waals surface area contributed by atoms with Gasteiger partial charge in [0.15, 0.2) is 0 Å². The number of sulfonamides is 1.